The number of ether oxygens (including phenoxy) is 2. The topological polar surface area (TPSA) is 30.5 Å². The molecule has 5 heteroatoms. The second-order valence-corrected chi connectivity index (χ2v) is 5.12. The molecule has 0 aliphatic carbocycles. The molecule has 1 atom stereocenters. The third kappa shape index (κ3) is 5.87. The summed E-state index contributed by atoms with van der Waals surface area (Å²) in [5, 5.41) is 3.29. The molecule has 3 nitrogen and oxygen atoms in total. The van der Waals surface area contributed by atoms with Gasteiger partial charge in [0.05, 0.1) is 5.60 Å². The number of alkyl halides is 2. The van der Waals surface area contributed by atoms with E-state index in [0.717, 1.165) is 12.1 Å². The highest BCUT2D eigenvalue weighted by Crippen LogP contribution is 2.21. The van der Waals surface area contributed by atoms with Crippen LogP contribution in [0.1, 0.15) is 27.2 Å². The van der Waals surface area contributed by atoms with Gasteiger partial charge in [-0.3, -0.25) is 0 Å². The Kier molecular flexibility index (Phi) is 5.54. The van der Waals surface area contributed by atoms with Crippen LogP contribution in [0.25, 0.3) is 0 Å². The first-order valence-electron chi connectivity index (χ1n) is 6.19. The summed E-state index contributed by atoms with van der Waals surface area (Å²) in [6, 6.07) is 6.67. The minimum Gasteiger partial charge on any atom is -0.435 e. The van der Waals surface area contributed by atoms with Crippen molar-refractivity contribution in [3.63, 3.8) is 0 Å². The predicted octanol–water partition coefficient (Wildman–Crippen LogP) is 3.90. The number of methoxy groups -OCH3 is 1. The minimum atomic E-state index is -2.79. The standard InChI is InChI=1S/C14H21F2NO2/c1-10(9-14(2,3)18-4)17-11-5-7-12(8-6-11)19-13(15)16/h5-8,10,13,17H,9H2,1-4H3. The second kappa shape index (κ2) is 6.70. The zero-order valence-corrected chi connectivity index (χ0v) is 11.7. The Morgan fingerprint density at radius 1 is 1.21 bits per heavy atom. The molecule has 0 aliphatic heterocycles. The van der Waals surface area contributed by atoms with Crippen molar-refractivity contribution >= 4 is 5.69 Å². The molecular formula is C14H21F2NO2. The van der Waals surface area contributed by atoms with Crippen molar-refractivity contribution < 1.29 is 18.3 Å². The smallest absolute Gasteiger partial charge is 0.387 e. The van der Waals surface area contributed by atoms with Gasteiger partial charge in [-0.25, -0.2) is 0 Å². The van der Waals surface area contributed by atoms with Crippen molar-refractivity contribution in [2.24, 2.45) is 0 Å². The Bertz CT molecular complexity index is 380. The number of hydrogen-bond acceptors (Lipinski definition) is 3. The van der Waals surface area contributed by atoms with Crippen molar-refractivity contribution in [2.45, 2.75) is 45.4 Å². The van der Waals surface area contributed by atoms with Gasteiger partial charge in [-0.1, -0.05) is 0 Å². The van der Waals surface area contributed by atoms with Gasteiger partial charge in [0.1, 0.15) is 5.75 Å². The molecule has 1 N–H and O–H groups in total. The lowest BCUT2D eigenvalue weighted by molar-refractivity contribution is -0.0498. The molecule has 0 spiro atoms. The molecule has 19 heavy (non-hydrogen) atoms. The summed E-state index contributed by atoms with van der Waals surface area (Å²) in [6.45, 7) is 3.29. The van der Waals surface area contributed by atoms with Gasteiger partial charge in [-0.05, 0) is 51.5 Å². The summed E-state index contributed by atoms with van der Waals surface area (Å²) in [6.07, 6.45) is 0.832. The summed E-state index contributed by atoms with van der Waals surface area (Å²) < 4.78 is 33.7. The van der Waals surface area contributed by atoms with Crippen LogP contribution in [-0.2, 0) is 4.74 Å². The van der Waals surface area contributed by atoms with E-state index in [-0.39, 0.29) is 17.4 Å². The molecule has 0 aromatic heterocycles. The normalized spacial score (nSPS) is 13.4. The molecule has 0 aliphatic rings. The summed E-state index contributed by atoms with van der Waals surface area (Å²) in [7, 11) is 1.68. The number of benzene rings is 1. The Labute approximate surface area is 112 Å². The largest absolute Gasteiger partial charge is 0.435 e. The van der Waals surface area contributed by atoms with Crippen molar-refractivity contribution in [1.82, 2.24) is 0 Å². The van der Waals surface area contributed by atoms with Gasteiger partial charge in [-0.2, -0.15) is 8.78 Å². The van der Waals surface area contributed by atoms with Crippen molar-refractivity contribution in [2.75, 3.05) is 12.4 Å². The van der Waals surface area contributed by atoms with Gasteiger partial charge in [0.25, 0.3) is 0 Å². The van der Waals surface area contributed by atoms with Gasteiger partial charge in [0.15, 0.2) is 0 Å². The first kappa shape index (κ1) is 15.7. The number of nitrogens with one attached hydrogen (secondary N) is 1. The summed E-state index contributed by atoms with van der Waals surface area (Å²) in [5.41, 5.74) is 0.659. The molecule has 0 fully saturated rings. The lowest BCUT2D eigenvalue weighted by atomic mass is 10.00. The average molecular weight is 273 g/mol. The highest BCUT2D eigenvalue weighted by atomic mass is 19.3. The van der Waals surface area contributed by atoms with E-state index in [1.54, 1.807) is 19.2 Å². The first-order valence-corrected chi connectivity index (χ1v) is 6.19. The molecule has 108 valence electrons. The van der Waals surface area contributed by atoms with E-state index in [1.807, 2.05) is 20.8 Å². The van der Waals surface area contributed by atoms with E-state index in [0.29, 0.717) is 0 Å². The molecule has 1 aromatic rings. The lowest BCUT2D eigenvalue weighted by Crippen LogP contribution is -2.31. The van der Waals surface area contributed by atoms with Crippen LogP contribution in [0.15, 0.2) is 24.3 Å². The van der Waals surface area contributed by atoms with Crippen molar-refractivity contribution in [1.29, 1.82) is 0 Å². The Morgan fingerprint density at radius 2 is 1.79 bits per heavy atom. The Morgan fingerprint density at radius 3 is 2.26 bits per heavy atom. The van der Waals surface area contributed by atoms with E-state index >= 15 is 0 Å². The van der Waals surface area contributed by atoms with Crippen LogP contribution in [0.3, 0.4) is 0 Å². The van der Waals surface area contributed by atoms with Gasteiger partial charge in [-0.15, -0.1) is 0 Å². The Balaban J connectivity index is 2.53. The monoisotopic (exact) mass is 273 g/mol. The first-order chi connectivity index (χ1) is 8.82. The molecule has 0 heterocycles. The maximum absolute atomic E-state index is 12.0. The zero-order valence-electron chi connectivity index (χ0n) is 11.7. The van der Waals surface area contributed by atoms with Crippen LogP contribution in [0.5, 0.6) is 5.75 Å². The van der Waals surface area contributed by atoms with Gasteiger partial charge < -0.3 is 14.8 Å². The van der Waals surface area contributed by atoms with Crippen LogP contribution < -0.4 is 10.1 Å². The molecular weight excluding hydrogens is 252 g/mol. The van der Waals surface area contributed by atoms with Crippen molar-refractivity contribution in [3.05, 3.63) is 24.3 Å². The van der Waals surface area contributed by atoms with Crippen LogP contribution in [-0.4, -0.2) is 25.4 Å². The molecule has 0 bridgehead atoms. The molecule has 0 radical (unpaired) electrons. The van der Waals surface area contributed by atoms with E-state index in [1.165, 1.54) is 12.1 Å². The highest BCUT2D eigenvalue weighted by molar-refractivity contribution is 5.47. The van der Waals surface area contributed by atoms with E-state index in [2.05, 4.69) is 10.1 Å². The van der Waals surface area contributed by atoms with Crippen LogP contribution in [0.2, 0.25) is 0 Å². The number of halogens is 2. The summed E-state index contributed by atoms with van der Waals surface area (Å²) in [4.78, 5) is 0. The quantitative estimate of drug-likeness (QED) is 0.817. The lowest BCUT2D eigenvalue weighted by Gasteiger charge is -2.27. The minimum absolute atomic E-state index is 0.158. The van der Waals surface area contributed by atoms with Crippen molar-refractivity contribution in [3.8, 4) is 5.75 Å². The maximum atomic E-state index is 12.0. The van der Waals surface area contributed by atoms with E-state index in [9.17, 15) is 8.78 Å². The molecule has 0 saturated carbocycles. The SMILES string of the molecule is COC(C)(C)CC(C)Nc1ccc(OC(F)F)cc1. The summed E-state index contributed by atoms with van der Waals surface area (Å²) in [5.74, 6) is 0.158. The number of rotatable bonds is 7. The van der Waals surface area contributed by atoms with Crippen LogP contribution in [0, 0.1) is 0 Å². The molecule has 1 rings (SSSR count). The maximum Gasteiger partial charge on any atom is 0.387 e. The van der Waals surface area contributed by atoms with E-state index < -0.39 is 6.61 Å². The second-order valence-electron chi connectivity index (χ2n) is 5.12. The number of anilines is 1. The van der Waals surface area contributed by atoms with Crippen LogP contribution in [0.4, 0.5) is 14.5 Å². The fourth-order valence-corrected chi connectivity index (χ4v) is 1.89. The predicted molar refractivity (Wildman–Crippen MR) is 71.9 cm³/mol. The fourth-order valence-electron chi connectivity index (χ4n) is 1.89. The zero-order chi connectivity index (χ0) is 14.5. The number of hydrogen-bond donors (Lipinski definition) is 1. The molecule has 1 unspecified atom stereocenters. The third-order valence-electron chi connectivity index (χ3n) is 2.84. The van der Waals surface area contributed by atoms with E-state index in [4.69, 9.17) is 4.74 Å². The molecule has 0 amide bonds. The average Bonchev–Trinajstić information content (AvgIpc) is 2.30. The highest BCUT2D eigenvalue weighted by Gasteiger charge is 2.19. The third-order valence-corrected chi connectivity index (χ3v) is 2.84. The van der Waals surface area contributed by atoms with Gasteiger partial charge in [0.2, 0.25) is 0 Å². The molecule has 0 saturated heterocycles. The molecule has 1 aromatic carbocycles. The fraction of sp³-hybridized carbons (Fsp3) is 0.571. The Hall–Kier alpha value is -1.36. The van der Waals surface area contributed by atoms with Gasteiger partial charge >= 0.3 is 6.61 Å². The van der Waals surface area contributed by atoms with Crippen LogP contribution >= 0.6 is 0 Å². The summed E-state index contributed by atoms with van der Waals surface area (Å²) >= 11 is 0. The van der Waals surface area contributed by atoms with Gasteiger partial charge in [0, 0.05) is 18.8 Å².